The van der Waals surface area contributed by atoms with Crippen molar-refractivity contribution < 1.29 is 9.90 Å². The number of nitrogens with zero attached hydrogens (tertiary/aromatic N) is 3. The van der Waals surface area contributed by atoms with E-state index in [4.69, 9.17) is 5.11 Å². The smallest absolute Gasteiger partial charge is 0.247 e. The van der Waals surface area contributed by atoms with E-state index in [0.717, 1.165) is 0 Å². The summed E-state index contributed by atoms with van der Waals surface area (Å²) in [5.74, 6) is 0.335. The van der Waals surface area contributed by atoms with Gasteiger partial charge in [-0.05, 0) is 13.0 Å². The third-order valence-electron chi connectivity index (χ3n) is 2.81. The van der Waals surface area contributed by atoms with Crippen LogP contribution in [0.3, 0.4) is 0 Å². The highest BCUT2D eigenvalue weighted by molar-refractivity contribution is 5.80. The van der Waals surface area contributed by atoms with Gasteiger partial charge in [-0.3, -0.25) is 9.48 Å². The minimum Gasteiger partial charge on any atom is -0.396 e. The fraction of sp³-hybridized carbons (Fsp3) is 0.600. The summed E-state index contributed by atoms with van der Waals surface area (Å²) in [6, 6.07) is 1.55. The summed E-state index contributed by atoms with van der Waals surface area (Å²) in [4.78, 5) is 13.6. The molecule has 1 aromatic heterocycles. The third kappa shape index (κ3) is 1.87. The Balaban J connectivity index is 1.92. The Bertz CT molecular complexity index is 330. The first-order valence-corrected chi connectivity index (χ1v) is 5.11. The van der Waals surface area contributed by atoms with Crippen LogP contribution in [0.25, 0.3) is 0 Å². The average molecular weight is 209 g/mol. The van der Waals surface area contributed by atoms with Gasteiger partial charge in [-0.15, -0.1) is 0 Å². The second kappa shape index (κ2) is 4.02. The number of carbonyl (C=O) groups excluding carboxylic acids is 1. The van der Waals surface area contributed by atoms with E-state index in [-0.39, 0.29) is 24.5 Å². The van der Waals surface area contributed by atoms with Gasteiger partial charge in [-0.2, -0.15) is 5.10 Å². The molecule has 2 rings (SSSR count). The molecule has 82 valence electrons. The lowest BCUT2D eigenvalue weighted by Gasteiger charge is -2.39. The van der Waals surface area contributed by atoms with Crippen LogP contribution < -0.4 is 0 Å². The molecule has 0 aliphatic carbocycles. The van der Waals surface area contributed by atoms with Crippen molar-refractivity contribution in [3.8, 4) is 0 Å². The number of aliphatic hydroxyl groups excluding tert-OH is 1. The quantitative estimate of drug-likeness (QED) is 0.756. The molecule has 0 saturated carbocycles. The van der Waals surface area contributed by atoms with Crippen molar-refractivity contribution in [1.82, 2.24) is 14.7 Å². The highest BCUT2D eigenvalue weighted by atomic mass is 16.3. The van der Waals surface area contributed by atoms with E-state index in [9.17, 15) is 4.79 Å². The zero-order valence-corrected chi connectivity index (χ0v) is 8.71. The monoisotopic (exact) mass is 209 g/mol. The van der Waals surface area contributed by atoms with Crippen LogP contribution in [-0.2, 0) is 4.79 Å². The molecule has 1 unspecified atom stereocenters. The van der Waals surface area contributed by atoms with Crippen LogP contribution >= 0.6 is 0 Å². The summed E-state index contributed by atoms with van der Waals surface area (Å²) in [6.45, 7) is 3.34. The Labute approximate surface area is 88.3 Å². The van der Waals surface area contributed by atoms with Crippen LogP contribution in [0, 0.1) is 5.92 Å². The Morgan fingerprint density at radius 2 is 2.40 bits per heavy atom. The number of carbonyl (C=O) groups is 1. The number of aliphatic hydroxyl groups is 1. The molecule has 1 aliphatic heterocycles. The van der Waals surface area contributed by atoms with Crippen molar-refractivity contribution in [2.45, 2.75) is 13.0 Å². The lowest BCUT2D eigenvalue weighted by Crippen LogP contribution is -2.53. The van der Waals surface area contributed by atoms with Gasteiger partial charge in [-0.25, -0.2) is 0 Å². The highest BCUT2D eigenvalue weighted by Crippen LogP contribution is 2.19. The molecule has 15 heavy (non-hydrogen) atoms. The summed E-state index contributed by atoms with van der Waals surface area (Å²) in [7, 11) is 0. The molecule has 1 N–H and O–H groups in total. The molecule has 1 aromatic rings. The lowest BCUT2D eigenvalue weighted by molar-refractivity contribution is -0.141. The predicted molar refractivity (Wildman–Crippen MR) is 54.1 cm³/mol. The minimum atomic E-state index is -0.250. The maximum Gasteiger partial charge on any atom is 0.247 e. The van der Waals surface area contributed by atoms with Crippen molar-refractivity contribution >= 4 is 5.91 Å². The molecule has 0 radical (unpaired) electrons. The van der Waals surface area contributed by atoms with Crippen LogP contribution in [0.1, 0.15) is 13.0 Å². The van der Waals surface area contributed by atoms with Crippen LogP contribution in [0.15, 0.2) is 18.5 Å². The van der Waals surface area contributed by atoms with Gasteiger partial charge in [0.1, 0.15) is 6.04 Å². The fourth-order valence-electron chi connectivity index (χ4n) is 1.75. The van der Waals surface area contributed by atoms with Gasteiger partial charge in [-0.1, -0.05) is 0 Å². The molecule has 1 aliphatic rings. The highest BCUT2D eigenvalue weighted by Gasteiger charge is 2.32. The topological polar surface area (TPSA) is 58.4 Å². The minimum absolute atomic E-state index is 0.0726. The molecule has 0 bridgehead atoms. The van der Waals surface area contributed by atoms with Crippen molar-refractivity contribution in [3.05, 3.63) is 18.5 Å². The molecule has 1 saturated heterocycles. The third-order valence-corrected chi connectivity index (χ3v) is 2.81. The van der Waals surface area contributed by atoms with Gasteiger partial charge >= 0.3 is 0 Å². The number of hydrogen-bond acceptors (Lipinski definition) is 3. The summed E-state index contributed by atoms with van der Waals surface area (Å²) >= 11 is 0. The Kier molecular flexibility index (Phi) is 2.73. The van der Waals surface area contributed by atoms with E-state index in [1.165, 1.54) is 0 Å². The number of amides is 1. The molecule has 1 atom stereocenters. The van der Waals surface area contributed by atoms with Gasteiger partial charge in [0.25, 0.3) is 0 Å². The first-order chi connectivity index (χ1) is 7.22. The van der Waals surface area contributed by atoms with Gasteiger partial charge in [0.15, 0.2) is 0 Å². The van der Waals surface area contributed by atoms with Gasteiger partial charge < -0.3 is 10.0 Å². The molecule has 5 nitrogen and oxygen atoms in total. The van der Waals surface area contributed by atoms with Crippen molar-refractivity contribution in [2.75, 3.05) is 19.7 Å². The second-order valence-electron chi connectivity index (χ2n) is 3.95. The van der Waals surface area contributed by atoms with Crippen LogP contribution in [0.5, 0.6) is 0 Å². The van der Waals surface area contributed by atoms with E-state index in [1.54, 1.807) is 28.0 Å². The van der Waals surface area contributed by atoms with Crippen molar-refractivity contribution in [3.63, 3.8) is 0 Å². The van der Waals surface area contributed by atoms with E-state index < -0.39 is 0 Å². The second-order valence-corrected chi connectivity index (χ2v) is 3.95. The summed E-state index contributed by atoms with van der Waals surface area (Å²) < 4.78 is 1.65. The average Bonchev–Trinajstić information content (AvgIpc) is 2.67. The van der Waals surface area contributed by atoms with E-state index in [0.29, 0.717) is 13.1 Å². The first kappa shape index (κ1) is 10.2. The summed E-state index contributed by atoms with van der Waals surface area (Å²) in [5.41, 5.74) is 0. The lowest BCUT2D eigenvalue weighted by atomic mass is 10.0. The van der Waals surface area contributed by atoms with Crippen LogP contribution in [0.2, 0.25) is 0 Å². The van der Waals surface area contributed by atoms with Crippen molar-refractivity contribution in [2.24, 2.45) is 5.92 Å². The molecule has 1 fully saturated rings. The molecule has 5 heteroatoms. The molecule has 1 amide bonds. The maximum absolute atomic E-state index is 11.9. The Morgan fingerprint density at radius 1 is 1.67 bits per heavy atom. The zero-order chi connectivity index (χ0) is 10.8. The number of likely N-dealkylation sites (tertiary alicyclic amines) is 1. The Hall–Kier alpha value is -1.36. The first-order valence-electron chi connectivity index (χ1n) is 5.11. The largest absolute Gasteiger partial charge is 0.396 e. The summed E-state index contributed by atoms with van der Waals surface area (Å²) in [5, 5.41) is 12.9. The van der Waals surface area contributed by atoms with E-state index in [2.05, 4.69) is 5.10 Å². The molecular weight excluding hydrogens is 194 g/mol. The van der Waals surface area contributed by atoms with E-state index >= 15 is 0 Å². The molecular formula is C10H15N3O2. The van der Waals surface area contributed by atoms with E-state index in [1.807, 2.05) is 6.92 Å². The van der Waals surface area contributed by atoms with Crippen LogP contribution in [0.4, 0.5) is 0 Å². The summed E-state index contributed by atoms with van der Waals surface area (Å²) in [6.07, 6.45) is 3.45. The molecule has 0 aromatic carbocycles. The zero-order valence-electron chi connectivity index (χ0n) is 8.71. The van der Waals surface area contributed by atoms with Gasteiger partial charge in [0, 0.05) is 38.0 Å². The van der Waals surface area contributed by atoms with Gasteiger partial charge in [0.2, 0.25) is 5.91 Å². The maximum atomic E-state index is 11.9. The SMILES string of the molecule is CC(C(=O)N1CC(CO)C1)n1cccn1. The standard InChI is InChI=1S/C10H15N3O2/c1-8(13-4-2-3-11-13)10(15)12-5-9(6-12)7-14/h2-4,8-9,14H,5-7H2,1H3. The van der Waals surface area contributed by atoms with Gasteiger partial charge in [0.05, 0.1) is 0 Å². The molecule has 2 heterocycles. The Morgan fingerprint density at radius 3 is 2.93 bits per heavy atom. The molecule has 0 spiro atoms. The number of aromatic nitrogens is 2. The normalized spacial score (nSPS) is 18.7. The fourth-order valence-corrected chi connectivity index (χ4v) is 1.75. The van der Waals surface area contributed by atoms with Crippen molar-refractivity contribution in [1.29, 1.82) is 0 Å². The van der Waals surface area contributed by atoms with Crippen LogP contribution in [-0.4, -0.2) is 45.4 Å². The number of hydrogen-bond donors (Lipinski definition) is 1. The number of rotatable bonds is 3. The predicted octanol–water partition coefficient (Wildman–Crippen LogP) is -0.105.